The summed E-state index contributed by atoms with van der Waals surface area (Å²) in [6, 6.07) is -0.124. The summed E-state index contributed by atoms with van der Waals surface area (Å²) in [5.74, 6) is 0.536. The zero-order valence-electron chi connectivity index (χ0n) is 11.6. The fourth-order valence-corrected chi connectivity index (χ4v) is 6.97. The Balaban J connectivity index is 1.99. The molecule has 0 aromatic heterocycles. The molecule has 1 N–H and O–H groups in total. The Morgan fingerprint density at radius 2 is 1.90 bits per heavy atom. The topological polar surface area (TPSA) is 83.6 Å². The standard InChI is InChI=1S/C11H20N2O4S3/c1-11(4-6-20(16,17)8-11)12-10(18)13(2)9-3-5-19(14,15)7-9/h9H,3-8H2,1-2H3,(H,12,18)/t9-,11+/m1/s1. The van der Waals surface area contributed by atoms with Crippen LogP contribution in [0.2, 0.25) is 0 Å². The first-order valence-electron chi connectivity index (χ1n) is 6.48. The number of rotatable bonds is 2. The second-order valence-electron chi connectivity index (χ2n) is 6.00. The molecule has 6 nitrogen and oxygen atoms in total. The zero-order valence-corrected chi connectivity index (χ0v) is 14.1. The highest BCUT2D eigenvalue weighted by Gasteiger charge is 2.40. The maximum absolute atomic E-state index is 11.6. The molecule has 116 valence electrons. The maximum atomic E-state index is 11.6. The Morgan fingerprint density at radius 1 is 1.25 bits per heavy atom. The van der Waals surface area contributed by atoms with Crippen molar-refractivity contribution in [2.75, 3.05) is 30.1 Å². The summed E-state index contributed by atoms with van der Waals surface area (Å²) in [6.45, 7) is 1.84. The SMILES string of the molecule is CN(C(=S)N[C@@]1(C)CCS(=O)(=O)C1)[C@@H]1CCS(=O)(=O)C1. The molecule has 2 saturated heterocycles. The molecular formula is C11H20N2O4S3. The molecule has 2 rings (SSSR count). The minimum atomic E-state index is -3.00. The molecule has 2 aliphatic heterocycles. The van der Waals surface area contributed by atoms with Crippen molar-refractivity contribution >= 4 is 37.0 Å². The lowest BCUT2D eigenvalue weighted by atomic mass is 10.0. The van der Waals surface area contributed by atoms with E-state index in [1.807, 2.05) is 6.92 Å². The van der Waals surface area contributed by atoms with Crippen LogP contribution in [0.15, 0.2) is 0 Å². The molecule has 9 heteroatoms. The van der Waals surface area contributed by atoms with E-state index in [1.165, 1.54) is 0 Å². The van der Waals surface area contributed by atoms with Crippen molar-refractivity contribution < 1.29 is 16.8 Å². The van der Waals surface area contributed by atoms with E-state index in [9.17, 15) is 16.8 Å². The molecule has 2 aliphatic rings. The Kier molecular flexibility index (Phi) is 4.07. The zero-order chi connectivity index (χ0) is 15.2. The van der Waals surface area contributed by atoms with Gasteiger partial charge >= 0.3 is 0 Å². The molecule has 2 heterocycles. The third-order valence-electron chi connectivity index (χ3n) is 3.99. The van der Waals surface area contributed by atoms with Crippen LogP contribution in [0.4, 0.5) is 0 Å². The Morgan fingerprint density at radius 3 is 2.35 bits per heavy atom. The van der Waals surface area contributed by atoms with Crippen molar-refractivity contribution in [1.82, 2.24) is 10.2 Å². The van der Waals surface area contributed by atoms with Crippen LogP contribution >= 0.6 is 12.2 Å². The first kappa shape index (κ1) is 16.0. The van der Waals surface area contributed by atoms with Crippen LogP contribution in [0.25, 0.3) is 0 Å². The molecule has 0 radical (unpaired) electrons. The van der Waals surface area contributed by atoms with Crippen LogP contribution in [0.5, 0.6) is 0 Å². The summed E-state index contributed by atoms with van der Waals surface area (Å²) in [6.07, 6.45) is 1.09. The van der Waals surface area contributed by atoms with Crippen LogP contribution in [0.3, 0.4) is 0 Å². The quantitative estimate of drug-likeness (QED) is 0.682. The molecule has 0 amide bonds. The van der Waals surface area contributed by atoms with E-state index in [-0.39, 0.29) is 29.1 Å². The van der Waals surface area contributed by atoms with Crippen molar-refractivity contribution in [3.63, 3.8) is 0 Å². The summed E-state index contributed by atoms with van der Waals surface area (Å²) in [4.78, 5) is 1.75. The fraction of sp³-hybridized carbons (Fsp3) is 0.909. The molecule has 0 aromatic rings. The summed E-state index contributed by atoms with van der Waals surface area (Å²) in [7, 11) is -4.20. The molecule has 0 saturated carbocycles. The Bertz CT molecular complexity index is 614. The second kappa shape index (κ2) is 5.10. The highest BCUT2D eigenvalue weighted by Crippen LogP contribution is 2.24. The third-order valence-corrected chi connectivity index (χ3v) is 8.03. The van der Waals surface area contributed by atoms with E-state index < -0.39 is 25.2 Å². The Hall–Kier alpha value is -0.410. The summed E-state index contributed by atoms with van der Waals surface area (Å²) < 4.78 is 46.1. The third kappa shape index (κ3) is 3.62. The van der Waals surface area contributed by atoms with E-state index >= 15 is 0 Å². The monoisotopic (exact) mass is 340 g/mol. The van der Waals surface area contributed by atoms with Gasteiger partial charge in [-0.2, -0.15) is 0 Å². The summed E-state index contributed by atoms with van der Waals surface area (Å²) >= 11 is 5.30. The first-order valence-corrected chi connectivity index (χ1v) is 10.5. The highest BCUT2D eigenvalue weighted by atomic mass is 32.2. The van der Waals surface area contributed by atoms with Gasteiger partial charge in [-0.25, -0.2) is 16.8 Å². The van der Waals surface area contributed by atoms with Crippen LogP contribution in [-0.2, 0) is 19.7 Å². The largest absolute Gasteiger partial charge is 0.356 e. The maximum Gasteiger partial charge on any atom is 0.169 e. The average molecular weight is 340 g/mol. The molecule has 2 fully saturated rings. The number of nitrogens with zero attached hydrogens (tertiary/aromatic N) is 1. The number of sulfone groups is 2. The van der Waals surface area contributed by atoms with Gasteiger partial charge in [0, 0.05) is 13.1 Å². The Labute approximate surface area is 125 Å². The summed E-state index contributed by atoms with van der Waals surface area (Å²) in [5.41, 5.74) is -0.554. The summed E-state index contributed by atoms with van der Waals surface area (Å²) in [5, 5.41) is 3.52. The molecule has 0 spiro atoms. The predicted molar refractivity (Wildman–Crippen MR) is 82.2 cm³/mol. The molecular weight excluding hydrogens is 320 g/mol. The molecule has 0 aliphatic carbocycles. The first-order chi connectivity index (χ1) is 9.02. The molecule has 0 aromatic carbocycles. The van der Waals surface area contributed by atoms with Gasteiger partial charge in [0.1, 0.15) is 0 Å². The normalized spacial score (nSPS) is 34.8. The smallest absolute Gasteiger partial charge is 0.169 e. The number of thiocarbonyl (C=S) groups is 1. The second-order valence-corrected chi connectivity index (χ2v) is 10.8. The number of hydrogen-bond donors (Lipinski definition) is 1. The van der Waals surface area contributed by atoms with Crippen molar-refractivity contribution in [3.05, 3.63) is 0 Å². The van der Waals surface area contributed by atoms with Crippen molar-refractivity contribution in [2.45, 2.75) is 31.3 Å². The van der Waals surface area contributed by atoms with Gasteiger partial charge in [0.25, 0.3) is 0 Å². The molecule has 0 unspecified atom stereocenters. The lowest BCUT2D eigenvalue weighted by Crippen LogP contribution is -2.53. The van der Waals surface area contributed by atoms with Gasteiger partial charge in [-0.05, 0) is 32.0 Å². The van der Waals surface area contributed by atoms with Gasteiger partial charge in [0.05, 0.1) is 28.6 Å². The van der Waals surface area contributed by atoms with Gasteiger partial charge in [-0.3, -0.25) is 0 Å². The lowest BCUT2D eigenvalue weighted by molar-refractivity contribution is 0.365. The van der Waals surface area contributed by atoms with Crippen molar-refractivity contribution in [1.29, 1.82) is 0 Å². The van der Waals surface area contributed by atoms with E-state index in [4.69, 9.17) is 12.2 Å². The minimum Gasteiger partial charge on any atom is -0.356 e. The van der Waals surface area contributed by atoms with Gasteiger partial charge in [0.2, 0.25) is 0 Å². The van der Waals surface area contributed by atoms with Crippen molar-refractivity contribution in [2.24, 2.45) is 0 Å². The number of hydrogen-bond acceptors (Lipinski definition) is 5. The van der Waals surface area contributed by atoms with Crippen molar-refractivity contribution in [3.8, 4) is 0 Å². The molecule has 20 heavy (non-hydrogen) atoms. The predicted octanol–water partition coefficient (Wildman–Crippen LogP) is -0.443. The van der Waals surface area contributed by atoms with Crippen LogP contribution < -0.4 is 5.32 Å². The number of nitrogens with one attached hydrogen (secondary N) is 1. The highest BCUT2D eigenvalue weighted by molar-refractivity contribution is 7.92. The van der Waals surface area contributed by atoms with Gasteiger partial charge < -0.3 is 10.2 Å². The minimum absolute atomic E-state index is 0.0664. The van der Waals surface area contributed by atoms with Crippen LogP contribution in [-0.4, -0.2) is 68.5 Å². The van der Waals surface area contributed by atoms with Crippen LogP contribution in [0.1, 0.15) is 19.8 Å². The van der Waals surface area contributed by atoms with E-state index in [0.717, 1.165) is 0 Å². The molecule has 2 atom stereocenters. The average Bonchev–Trinajstić information content (AvgIpc) is 2.77. The van der Waals surface area contributed by atoms with Crippen LogP contribution in [0, 0.1) is 0 Å². The lowest BCUT2D eigenvalue weighted by Gasteiger charge is -2.33. The molecule has 0 bridgehead atoms. The fourth-order valence-electron chi connectivity index (χ4n) is 2.70. The van der Waals surface area contributed by atoms with E-state index in [0.29, 0.717) is 18.0 Å². The van der Waals surface area contributed by atoms with Gasteiger partial charge in [-0.15, -0.1) is 0 Å². The van der Waals surface area contributed by atoms with Gasteiger partial charge in [0.15, 0.2) is 24.8 Å². The van der Waals surface area contributed by atoms with Gasteiger partial charge in [-0.1, -0.05) is 0 Å². The van der Waals surface area contributed by atoms with E-state index in [1.54, 1.807) is 11.9 Å². The van der Waals surface area contributed by atoms with E-state index in [2.05, 4.69) is 5.32 Å².